The van der Waals surface area contributed by atoms with Crippen molar-refractivity contribution in [3.05, 3.63) is 69.3 Å². The van der Waals surface area contributed by atoms with Crippen molar-refractivity contribution in [1.82, 2.24) is 19.9 Å². The van der Waals surface area contributed by atoms with Crippen LogP contribution >= 0.6 is 0 Å². The average molecular weight is 600 g/mol. The summed E-state index contributed by atoms with van der Waals surface area (Å²) in [5.41, 5.74) is 19.1. The van der Waals surface area contributed by atoms with Crippen molar-refractivity contribution in [1.29, 1.82) is 0 Å². The molecule has 3 aromatic heterocycles. The van der Waals surface area contributed by atoms with Gasteiger partial charge in [0.15, 0.2) is 0 Å². The zero-order valence-electron chi connectivity index (χ0n) is 26.6. The maximum absolute atomic E-state index is 8.19. The average Bonchev–Trinajstić information content (AvgIpc) is 3.73. The van der Waals surface area contributed by atoms with Crippen molar-refractivity contribution in [3.8, 4) is 0 Å². The zero-order chi connectivity index (χ0) is 30.6. The SMILES string of the molecule is CCC1=C(CC)c2cc3[n-]c(cc4[n-]c(cc5nc(cc1n2)C(CC)=C5CC)c(CC)c4CC)c(CC)c3CC.[O]=[V+2]. The van der Waals surface area contributed by atoms with E-state index in [-0.39, 0.29) is 0 Å². The monoisotopic (exact) mass is 599 g/mol. The second-order valence-electron chi connectivity index (χ2n) is 10.8. The second-order valence-corrected chi connectivity index (χ2v) is 10.8. The molecular weight excluding hydrogens is 555 g/mol. The van der Waals surface area contributed by atoms with Crippen LogP contribution in [0.3, 0.4) is 0 Å². The van der Waals surface area contributed by atoms with Gasteiger partial charge in [0.2, 0.25) is 0 Å². The first-order valence-corrected chi connectivity index (χ1v) is 16.3. The first-order valence-electron chi connectivity index (χ1n) is 15.8. The molecule has 0 aromatic carbocycles. The van der Waals surface area contributed by atoms with Gasteiger partial charge in [-0.05, 0) is 79.7 Å². The van der Waals surface area contributed by atoms with Gasteiger partial charge in [-0.3, -0.25) is 0 Å². The molecule has 8 bridgehead atoms. The van der Waals surface area contributed by atoms with Crippen LogP contribution in [0.25, 0.3) is 44.4 Å². The van der Waals surface area contributed by atoms with Crippen molar-refractivity contribution in [3.63, 3.8) is 0 Å². The van der Waals surface area contributed by atoms with E-state index in [2.05, 4.69) is 79.7 Å². The van der Waals surface area contributed by atoms with E-state index in [9.17, 15) is 0 Å². The standard InChI is InChI=1S/C36H44N4.O.V/c1-9-21-22(10-2)30-18-32-25(13-5)26(14-6)34(39-32)20-36-28(16-8)27(15-7)35(40-36)19-33-24(12-4)23(11-3)31(38-33)17-29(21)37-30;;/h17-20H,9-16H2,1-8H3;;/q-2;;+2. The zero-order valence-corrected chi connectivity index (χ0v) is 28.0. The number of rotatable bonds is 8. The molecule has 2 aliphatic rings. The summed E-state index contributed by atoms with van der Waals surface area (Å²) >= 11 is 1.06. The van der Waals surface area contributed by atoms with Crippen LogP contribution in [0.5, 0.6) is 0 Å². The van der Waals surface area contributed by atoms with Gasteiger partial charge in [-0.15, -0.1) is 22.1 Å². The first-order chi connectivity index (χ1) is 20.5. The third-order valence-corrected chi connectivity index (χ3v) is 8.82. The van der Waals surface area contributed by atoms with Gasteiger partial charge in [0.25, 0.3) is 0 Å². The molecule has 2 aliphatic heterocycles. The molecule has 0 fully saturated rings. The van der Waals surface area contributed by atoms with Gasteiger partial charge in [0.1, 0.15) is 0 Å². The molecule has 0 saturated heterocycles. The summed E-state index contributed by atoms with van der Waals surface area (Å²) in [6.45, 7) is 17.9. The molecule has 5 heterocycles. The maximum atomic E-state index is 8.19. The van der Waals surface area contributed by atoms with Gasteiger partial charge in [-0.1, -0.05) is 95.8 Å². The molecule has 0 amide bonds. The number of hydrogen-bond acceptors (Lipinski definition) is 3. The predicted molar refractivity (Wildman–Crippen MR) is 172 cm³/mol. The van der Waals surface area contributed by atoms with Crippen LogP contribution < -0.4 is 9.97 Å². The Morgan fingerprint density at radius 2 is 0.690 bits per heavy atom. The van der Waals surface area contributed by atoms with Crippen LogP contribution in [-0.4, -0.2) is 9.97 Å². The fraction of sp³-hybridized carbons (Fsp3) is 0.444. The Bertz CT molecular complexity index is 1580. The molecule has 0 unspecified atom stereocenters. The molecule has 219 valence electrons. The Labute approximate surface area is 260 Å². The summed E-state index contributed by atoms with van der Waals surface area (Å²) in [5, 5.41) is 0. The first kappa shape index (κ1) is 31.9. The molecule has 0 spiro atoms. The summed E-state index contributed by atoms with van der Waals surface area (Å²) in [5.74, 6) is 0. The van der Waals surface area contributed by atoms with Gasteiger partial charge in [0, 0.05) is 0 Å². The van der Waals surface area contributed by atoms with Crippen molar-refractivity contribution < 1.29 is 21.0 Å². The van der Waals surface area contributed by atoms with Gasteiger partial charge in [-0.2, -0.15) is 0 Å². The Hall–Kier alpha value is -3.02. The Morgan fingerprint density at radius 1 is 0.429 bits per heavy atom. The summed E-state index contributed by atoms with van der Waals surface area (Å²) in [6, 6.07) is 8.98. The van der Waals surface area contributed by atoms with Crippen LogP contribution in [0.1, 0.15) is 126 Å². The van der Waals surface area contributed by atoms with E-state index >= 15 is 0 Å². The summed E-state index contributed by atoms with van der Waals surface area (Å²) < 4.78 is 8.19. The van der Waals surface area contributed by atoms with Crippen LogP contribution in [0.15, 0.2) is 24.3 Å². The van der Waals surface area contributed by atoms with Crippen LogP contribution in [0.4, 0.5) is 0 Å². The molecule has 6 heteroatoms. The fourth-order valence-electron chi connectivity index (χ4n) is 6.92. The minimum atomic E-state index is 0.950. The molecule has 0 N–H and O–H groups in total. The Balaban J connectivity index is 0.00000198. The molecule has 0 saturated carbocycles. The molecule has 0 aliphatic carbocycles. The summed E-state index contributed by atoms with van der Waals surface area (Å²) in [6.07, 6.45) is 7.60. The van der Waals surface area contributed by atoms with E-state index < -0.39 is 0 Å². The van der Waals surface area contributed by atoms with E-state index in [1.807, 2.05) is 0 Å². The van der Waals surface area contributed by atoms with Crippen LogP contribution in [-0.2, 0) is 46.7 Å². The molecule has 5 rings (SSSR count). The van der Waals surface area contributed by atoms with E-state index in [0.29, 0.717) is 0 Å². The van der Waals surface area contributed by atoms with E-state index in [1.165, 1.54) is 44.5 Å². The van der Waals surface area contributed by atoms with Gasteiger partial charge < -0.3 is 9.97 Å². The van der Waals surface area contributed by atoms with E-state index in [1.54, 1.807) is 0 Å². The second kappa shape index (κ2) is 14.0. The summed E-state index contributed by atoms with van der Waals surface area (Å²) in [7, 11) is 0. The quantitative estimate of drug-likeness (QED) is 0.258. The van der Waals surface area contributed by atoms with E-state index in [0.717, 1.165) is 114 Å². The summed E-state index contributed by atoms with van der Waals surface area (Å²) in [4.78, 5) is 21.0. The van der Waals surface area contributed by atoms with Crippen LogP contribution in [0.2, 0.25) is 0 Å². The number of aryl methyl sites for hydroxylation is 4. The number of hydrogen-bond donors (Lipinski definition) is 0. The number of allylic oxidation sites excluding steroid dienone is 4. The third-order valence-electron chi connectivity index (χ3n) is 8.82. The van der Waals surface area contributed by atoms with Crippen molar-refractivity contribution in [2.24, 2.45) is 0 Å². The van der Waals surface area contributed by atoms with Gasteiger partial charge in [-0.25, -0.2) is 9.97 Å². The third kappa shape index (κ3) is 5.54. The molecule has 3 aromatic rings. The number of nitrogens with zero attached hydrogens (tertiary/aromatic N) is 4. The minimum absolute atomic E-state index is 0.950. The van der Waals surface area contributed by atoms with Crippen molar-refractivity contribution in [2.45, 2.75) is 107 Å². The molecule has 42 heavy (non-hydrogen) atoms. The number of aromatic nitrogens is 4. The Morgan fingerprint density at radius 3 is 0.952 bits per heavy atom. The predicted octanol–water partition coefficient (Wildman–Crippen LogP) is 9.16. The molecule has 0 atom stereocenters. The van der Waals surface area contributed by atoms with Crippen LogP contribution in [0, 0.1) is 0 Å². The normalized spacial score (nSPS) is 13.1. The van der Waals surface area contributed by atoms with Gasteiger partial charge in [0.05, 0.1) is 22.8 Å². The Kier molecular flexibility index (Phi) is 10.6. The van der Waals surface area contributed by atoms with E-state index in [4.69, 9.17) is 23.6 Å². The number of fused-ring (bicyclic) bond motifs is 8. The van der Waals surface area contributed by atoms with Crippen molar-refractivity contribution >= 4 is 44.4 Å². The molecule has 0 radical (unpaired) electrons. The van der Waals surface area contributed by atoms with Crippen molar-refractivity contribution in [2.75, 3.05) is 0 Å². The topological polar surface area (TPSA) is 71.1 Å². The molecular formula is C36H44N4OV. The fourth-order valence-corrected chi connectivity index (χ4v) is 6.92. The van der Waals surface area contributed by atoms with Gasteiger partial charge >= 0.3 is 21.0 Å². The molecule has 5 nitrogen and oxygen atoms in total.